The summed E-state index contributed by atoms with van der Waals surface area (Å²) in [5.74, 6) is 0.581. The second-order valence-corrected chi connectivity index (χ2v) is 6.49. The van der Waals surface area contributed by atoms with Crippen molar-refractivity contribution >= 4 is 37.9 Å². The van der Waals surface area contributed by atoms with Crippen molar-refractivity contribution < 1.29 is 4.79 Å². The Labute approximate surface area is 130 Å². The molecule has 1 aliphatic heterocycles. The van der Waals surface area contributed by atoms with E-state index in [0.717, 1.165) is 16.6 Å². The predicted octanol–water partition coefficient (Wildman–Crippen LogP) is 2.84. The fraction of sp³-hybridized carbons (Fsp3) is 0.125. The lowest BCUT2D eigenvalue weighted by molar-refractivity contribution is -0.115. The highest BCUT2D eigenvalue weighted by atomic mass is 32.2. The fourth-order valence-electron chi connectivity index (χ4n) is 2.31. The van der Waals surface area contributed by atoms with Gasteiger partial charge in [0.1, 0.15) is 5.37 Å². The summed E-state index contributed by atoms with van der Waals surface area (Å²) in [5.41, 5.74) is 2.55. The third-order valence-electron chi connectivity index (χ3n) is 3.36. The van der Waals surface area contributed by atoms with Crippen molar-refractivity contribution in [2.45, 2.75) is 5.37 Å². The van der Waals surface area contributed by atoms with Gasteiger partial charge in [-0.15, -0.1) is 21.0 Å². The Morgan fingerprint density at radius 1 is 1.14 bits per heavy atom. The molecule has 1 aliphatic rings. The van der Waals surface area contributed by atoms with Crippen molar-refractivity contribution in [1.82, 2.24) is 0 Å². The van der Waals surface area contributed by atoms with Gasteiger partial charge in [0.15, 0.2) is 0 Å². The van der Waals surface area contributed by atoms with Crippen LogP contribution in [-0.2, 0) is 4.79 Å². The van der Waals surface area contributed by atoms with Gasteiger partial charge in [-0.25, -0.2) is 0 Å². The Hall–Kier alpha value is -1.82. The van der Waals surface area contributed by atoms with E-state index in [2.05, 4.69) is 27.4 Å². The number of hydrogen-bond acceptors (Lipinski definition) is 3. The van der Waals surface area contributed by atoms with Crippen molar-refractivity contribution in [2.75, 3.05) is 10.7 Å². The van der Waals surface area contributed by atoms with Crippen LogP contribution in [0.5, 0.6) is 0 Å². The van der Waals surface area contributed by atoms with Crippen molar-refractivity contribution in [1.29, 1.82) is 5.26 Å². The van der Waals surface area contributed by atoms with Gasteiger partial charge in [-0.2, -0.15) is 5.26 Å². The van der Waals surface area contributed by atoms with Gasteiger partial charge in [0, 0.05) is 5.69 Å². The monoisotopic (exact) mass is 312 g/mol. The van der Waals surface area contributed by atoms with Gasteiger partial charge < -0.3 is 0 Å². The zero-order chi connectivity index (χ0) is 14.8. The smallest absolute Gasteiger partial charge is 0.238 e. The molecule has 1 saturated heterocycles. The van der Waals surface area contributed by atoms with Crippen molar-refractivity contribution in [2.24, 2.45) is 0 Å². The number of nitrogens with zero attached hydrogens (tertiary/aromatic N) is 2. The first-order chi connectivity index (χ1) is 10.2. The molecule has 21 heavy (non-hydrogen) atoms. The third kappa shape index (κ3) is 2.81. The number of benzene rings is 2. The third-order valence-corrected chi connectivity index (χ3v) is 4.96. The van der Waals surface area contributed by atoms with Gasteiger partial charge in [-0.05, 0) is 35.1 Å². The molecule has 1 amide bonds. The summed E-state index contributed by atoms with van der Waals surface area (Å²) in [6, 6.07) is 17.4. The molecular weight excluding hydrogens is 299 g/mol. The second-order valence-electron chi connectivity index (χ2n) is 4.75. The van der Waals surface area contributed by atoms with Gasteiger partial charge in [0.2, 0.25) is 5.91 Å². The average Bonchev–Trinajstić information content (AvgIpc) is 2.90. The molecule has 2 aromatic carbocycles. The van der Waals surface area contributed by atoms with E-state index in [9.17, 15) is 4.79 Å². The number of carbonyl (C=O) groups excluding carboxylic acids is 1. The molecule has 0 aliphatic carbocycles. The highest BCUT2D eigenvalue weighted by molar-refractivity contribution is 8.00. The van der Waals surface area contributed by atoms with Crippen LogP contribution in [0.3, 0.4) is 0 Å². The summed E-state index contributed by atoms with van der Waals surface area (Å²) in [4.78, 5) is 14.0. The minimum atomic E-state index is -0.00367. The first-order valence-corrected chi connectivity index (χ1v) is 8.11. The van der Waals surface area contributed by atoms with E-state index in [-0.39, 0.29) is 11.3 Å². The Balaban J connectivity index is 1.95. The lowest BCUT2D eigenvalue weighted by atomic mass is 10.1. The van der Waals surface area contributed by atoms with Gasteiger partial charge in [-0.1, -0.05) is 24.3 Å². The van der Waals surface area contributed by atoms with Crippen LogP contribution in [0.4, 0.5) is 5.69 Å². The van der Waals surface area contributed by atoms with Gasteiger partial charge in [-0.3, -0.25) is 9.69 Å². The van der Waals surface area contributed by atoms with E-state index in [4.69, 9.17) is 5.26 Å². The van der Waals surface area contributed by atoms with E-state index in [1.807, 2.05) is 29.2 Å². The minimum absolute atomic E-state index is 0.00367. The molecule has 1 fully saturated rings. The van der Waals surface area contributed by atoms with Crippen LogP contribution in [0.15, 0.2) is 48.5 Å². The van der Waals surface area contributed by atoms with Crippen LogP contribution in [-0.4, -0.2) is 11.7 Å². The van der Waals surface area contributed by atoms with Crippen molar-refractivity contribution in [3.63, 3.8) is 0 Å². The first kappa shape index (κ1) is 14.1. The molecule has 2 atom stereocenters. The number of carbonyl (C=O) groups is 1. The van der Waals surface area contributed by atoms with Crippen LogP contribution < -0.4 is 10.2 Å². The summed E-state index contributed by atoms with van der Waals surface area (Å²) in [7, 11) is 2.66. The molecule has 0 spiro atoms. The molecule has 0 aromatic heterocycles. The Kier molecular flexibility index (Phi) is 3.96. The normalized spacial score (nSPS) is 17.8. The summed E-state index contributed by atoms with van der Waals surface area (Å²) >= 11 is 1.63. The standard InChI is InChI=1S/C16H13N2OPS/c17-9-11-1-5-13(6-2-11)18-15(19)10-21-16(18)12-3-7-14(20)8-4-12/h1-8,16H,10,20H2. The van der Waals surface area contributed by atoms with E-state index >= 15 is 0 Å². The zero-order valence-electron chi connectivity index (χ0n) is 11.2. The molecule has 1 heterocycles. The molecule has 2 unspecified atom stereocenters. The molecule has 0 bridgehead atoms. The number of anilines is 1. The number of nitriles is 1. The molecule has 104 valence electrons. The molecular formula is C16H13N2OPS. The molecule has 0 saturated carbocycles. The lowest BCUT2D eigenvalue weighted by Gasteiger charge is -2.24. The molecule has 0 N–H and O–H groups in total. The van der Waals surface area contributed by atoms with Gasteiger partial charge >= 0.3 is 0 Å². The summed E-state index contributed by atoms with van der Waals surface area (Å²) in [6.07, 6.45) is 0. The fourth-order valence-corrected chi connectivity index (χ4v) is 3.68. The molecule has 0 radical (unpaired) electrons. The number of amides is 1. The quantitative estimate of drug-likeness (QED) is 0.801. The van der Waals surface area contributed by atoms with Crippen molar-refractivity contribution in [3.05, 3.63) is 59.7 Å². The van der Waals surface area contributed by atoms with Crippen LogP contribution >= 0.6 is 21.0 Å². The number of rotatable bonds is 2. The van der Waals surface area contributed by atoms with Crippen molar-refractivity contribution in [3.8, 4) is 6.07 Å². The SMILES string of the molecule is N#Cc1ccc(N2C(=O)CSC2c2ccc(P)cc2)cc1. The van der Waals surface area contributed by atoms with Crippen LogP contribution in [0, 0.1) is 11.3 Å². The average molecular weight is 312 g/mol. The predicted molar refractivity (Wildman–Crippen MR) is 89.6 cm³/mol. The second kappa shape index (κ2) is 5.89. The summed E-state index contributed by atoms with van der Waals surface area (Å²) in [6.45, 7) is 0. The molecule has 2 aromatic rings. The maximum absolute atomic E-state index is 12.2. The molecule has 3 rings (SSSR count). The van der Waals surface area contributed by atoms with Gasteiger partial charge in [0.25, 0.3) is 0 Å². The largest absolute Gasteiger partial charge is 0.295 e. The van der Waals surface area contributed by atoms with Crippen LogP contribution in [0.25, 0.3) is 0 Å². The Bertz CT molecular complexity index is 707. The van der Waals surface area contributed by atoms with E-state index in [0.29, 0.717) is 11.3 Å². The molecule has 3 nitrogen and oxygen atoms in total. The van der Waals surface area contributed by atoms with E-state index in [1.54, 1.807) is 23.9 Å². The van der Waals surface area contributed by atoms with Crippen LogP contribution in [0.2, 0.25) is 0 Å². The number of hydrogen-bond donors (Lipinski definition) is 0. The van der Waals surface area contributed by atoms with E-state index < -0.39 is 0 Å². The highest BCUT2D eigenvalue weighted by Crippen LogP contribution is 2.41. The minimum Gasteiger partial charge on any atom is -0.295 e. The maximum atomic E-state index is 12.2. The number of thioether (sulfide) groups is 1. The molecule has 5 heteroatoms. The Morgan fingerprint density at radius 3 is 2.43 bits per heavy atom. The maximum Gasteiger partial charge on any atom is 0.238 e. The summed E-state index contributed by atoms with van der Waals surface area (Å²) in [5, 5.41) is 9.98. The van der Waals surface area contributed by atoms with Gasteiger partial charge in [0.05, 0.1) is 17.4 Å². The lowest BCUT2D eigenvalue weighted by Crippen LogP contribution is -2.27. The Morgan fingerprint density at radius 2 is 1.81 bits per heavy atom. The van der Waals surface area contributed by atoms with E-state index in [1.165, 1.54) is 0 Å². The summed E-state index contributed by atoms with van der Waals surface area (Å²) < 4.78 is 0. The topological polar surface area (TPSA) is 44.1 Å². The van der Waals surface area contributed by atoms with Crippen LogP contribution in [0.1, 0.15) is 16.5 Å². The highest BCUT2D eigenvalue weighted by Gasteiger charge is 2.33. The first-order valence-electron chi connectivity index (χ1n) is 6.48. The zero-order valence-corrected chi connectivity index (χ0v) is 13.2.